The standard InChI is InChI=1S/C24H19ClFN4O3.HPS.Ti/c1-30-19-6-4-3-5-18(19)29-22(30)12-33-21-9-17(26)15(8-20(21)32-2)23(31)16-11-28-24-14(16)7-13(25)10-27-24;1-2;/h3-11,23,31H,12H2,1-2H3;1H;/q-1;;. The molecule has 0 aliphatic carbocycles. The summed E-state index contributed by atoms with van der Waals surface area (Å²) in [5.74, 6) is 0.520. The number of nitrogens with zero attached hydrogens (tertiary/aromatic N) is 4. The van der Waals surface area contributed by atoms with Crippen molar-refractivity contribution in [3.63, 3.8) is 0 Å². The molecule has 3 heterocycles. The third kappa shape index (κ3) is 5.47. The SMILES string of the molecule is COc1cc(C(O)c2c[n-]c3ncc(Cl)cc23)c(F)cc1OCc1nc2ccccc2n1C.P=S.[Ti]. The molecule has 1 unspecified atom stereocenters. The Balaban J connectivity index is 0.00000117. The molecular formula is C24H20ClFN4O3PSTi-. The van der Waals surface area contributed by atoms with Gasteiger partial charge in [0.25, 0.3) is 0 Å². The van der Waals surface area contributed by atoms with E-state index in [4.69, 9.17) is 21.1 Å². The van der Waals surface area contributed by atoms with Gasteiger partial charge >= 0.3 is 0 Å². The fourth-order valence-corrected chi connectivity index (χ4v) is 3.99. The number of aliphatic hydroxyl groups excluding tert-OH is 1. The molecule has 184 valence electrons. The zero-order chi connectivity index (χ0) is 25.1. The Morgan fingerprint density at radius 2 is 1.94 bits per heavy atom. The average molecular weight is 578 g/mol. The van der Waals surface area contributed by atoms with Gasteiger partial charge in [-0.3, -0.25) is 0 Å². The van der Waals surface area contributed by atoms with Gasteiger partial charge in [-0.1, -0.05) is 53.6 Å². The summed E-state index contributed by atoms with van der Waals surface area (Å²) >= 11 is 9.92. The van der Waals surface area contributed by atoms with Crippen molar-refractivity contribution in [1.82, 2.24) is 19.5 Å². The molecule has 3 aromatic heterocycles. The third-order valence-corrected chi connectivity index (χ3v) is 5.79. The number of hydrogen-bond donors (Lipinski definition) is 1. The molecule has 0 bridgehead atoms. The second-order valence-electron chi connectivity index (χ2n) is 7.53. The Morgan fingerprint density at radius 1 is 1.19 bits per heavy atom. The molecule has 0 spiro atoms. The number of aromatic nitrogens is 4. The van der Waals surface area contributed by atoms with E-state index in [1.807, 2.05) is 35.9 Å². The summed E-state index contributed by atoms with van der Waals surface area (Å²) in [6, 6.07) is 12.0. The molecule has 36 heavy (non-hydrogen) atoms. The molecule has 0 radical (unpaired) electrons. The van der Waals surface area contributed by atoms with Crippen molar-refractivity contribution in [3.05, 3.63) is 82.6 Å². The maximum atomic E-state index is 15.1. The monoisotopic (exact) mass is 577 g/mol. The van der Waals surface area contributed by atoms with Gasteiger partial charge in [0, 0.05) is 45.4 Å². The molecule has 0 aliphatic rings. The maximum Gasteiger partial charge on any atom is 0.164 e. The van der Waals surface area contributed by atoms with Crippen LogP contribution < -0.4 is 14.5 Å². The fourth-order valence-electron chi connectivity index (χ4n) is 3.83. The number of pyridine rings is 1. The first kappa shape index (κ1) is 28.2. The minimum atomic E-state index is -1.29. The molecule has 0 saturated carbocycles. The van der Waals surface area contributed by atoms with E-state index in [2.05, 4.69) is 34.8 Å². The van der Waals surface area contributed by atoms with E-state index in [0.29, 0.717) is 27.4 Å². The first-order valence-corrected chi connectivity index (χ1v) is 12.3. The van der Waals surface area contributed by atoms with Crippen LogP contribution in [0.15, 0.2) is 54.9 Å². The molecule has 5 aromatic rings. The minimum Gasteiger partial charge on any atom is -0.493 e. The Kier molecular flexibility index (Phi) is 9.58. The molecule has 0 amide bonds. The number of ether oxygens (including phenoxy) is 2. The number of halogens is 2. The van der Waals surface area contributed by atoms with Crippen molar-refractivity contribution in [3.8, 4) is 11.5 Å². The number of benzene rings is 2. The predicted octanol–water partition coefficient (Wildman–Crippen LogP) is 5.13. The first-order chi connectivity index (χ1) is 17.0. The van der Waals surface area contributed by atoms with E-state index >= 15 is 4.39 Å². The summed E-state index contributed by atoms with van der Waals surface area (Å²) in [6.07, 6.45) is 1.63. The number of fused-ring (bicyclic) bond motifs is 2. The molecular weight excluding hydrogens is 558 g/mol. The van der Waals surface area contributed by atoms with Crippen molar-refractivity contribution in [2.75, 3.05) is 7.11 Å². The molecule has 5 rings (SSSR count). The molecule has 0 aliphatic heterocycles. The number of rotatable bonds is 6. The van der Waals surface area contributed by atoms with Gasteiger partial charge in [-0.05, 0) is 43.2 Å². The van der Waals surface area contributed by atoms with E-state index in [9.17, 15) is 5.11 Å². The van der Waals surface area contributed by atoms with Crippen LogP contribution in [0.5, 0.6) is 11.5 Å². The van der Waals surface area contributed by atoms with E-state index in [-0.39, 0.29) is 45.4 Å². The molecule has 7 nitrogen and oxygen atoms in total. The van der Waals surface area contributed by atoms with Gasteiger partial charge in [-0.25, -0.2) is 9.37 Å². The quantitative estimate of drug-likeness (QED) is 0.221. The topological polar surface area (TPSA) is 83.5 Å². The number of hydrogen-bond acceptors (Lipinski definition) is 6. The largest absolute Gasteiger partial charge is 0.493 e. The number of methoxy groups -OCH3 is 1. The predicted molar refractivity (Wildman–Crippen MR) is 138 cm³/mol. The van der Waals surface area contributed by atoms with Crippen molar-refractivity contribution in [2.45, 2.75) is 12.7 Å². The summed E-state index contributed by atoms with van der Waals surface area (Å²) in [6.45, 7) is 0.116. The second kappa shape index (κ2) is 12.2. The number of imidazole rings is 1. The van der Waals surface area contributed by atoms with Crippen molar-refractivity contribution >= 4 is 53.5 Å². The van der Waals surface area contributed by atoms with Gasteiger partial charge in [0.1, 0.15) is 24.4 Å². The summed E-state index contributed by atoms with van der Waals surface area (Å²) in [4.78, 5) is 12.9. The normalized spacial score (nSPS) is 11.5. The van der Waals surface area contributed by atoms with E-state index in [0.717, 1.165) is 11.0 Å². The molecule has 12 heteroatoms. The van der Waals surface area contributed by atoms with Crippen LogP contribution in [0.1, 0.15) is 23.1 Å². The Bertz CT molecular complexity index is 1520. The van der Waals surface area contributed by atoms with Crippen LogP contribution in [-0.2, 0) is 47.2 Å². The zero-order valence-corrected chi connectivity index (χ0v) is 23.3. The summed E-state index contributed by atoms with van der Waals surface area (Å²) in [5, 5.41) is 11.9. The zero-order valence-electron chi connectivity index (χ0n) is 19.2. The molecule has 1 N–H and O–H groups in total. The Morgan fingerprint density at radius 3 is 2.67 bits per heavy atom. The van der Waals surface area contributed by atoms with Crippen molar-refractivity contribution in [2.24, 2.45) is 7.05 Å². The Hall–Kier alpha value is -2.39. The molecule has 1 atom stereocenters. The molecule has 0 saturated heterocycles. The summed E-state index contributed by atoms with van der Waals surface area (Å²) < 4.78 is 28.3. The van der Waals surface area contributed by atoms with Gasteiger partial charge in [0.2, 0.25) is 0 Å². The first-order valence-electron chi connectivity index (χ1n) is 10.3. The van der Waals surface area contributed by atoms with Crippen LogP contribution in [0.25, 0.3) is 22.1 Å². The molecule has 2 aromatic carbocycles. The van der Waals surface area contributed by atoms with Crippen LogP contribution in [0.3, 0.4) is 0 Å². The summed E-state index contributed by atoms with van der Waals surface area (Å²) in [5.41, 5.74) is 2.66. The number of aliphatic hydroxyl groups is 1. The second-order valence-corrected chi connectivity index (χ2v) is 7.97. The van der Waals surface area contributed by atoms with Gasteiger partial charge in [-0.2, -0.15) is 0 Å². The van der Waals surface area contributed by atoms with Crippen LogP contribution in [0.2, 0.25) is 5.02 Å². The fraction of sp³-hybridized carbons (Fsp3) is 0.167. The van der Waals surface area contributed by atoms with Gasteiger partial charge in [0.15, 0.2) is 11.5 Å². The van der Waals surface area contributed by atoms with Crippen molar-refractivity contribution < 1.29 is 40.7 Å². The van der Waals surface area contributed by atoms with Crippen molar-refractivity contribution in [1.29, 1.82) is 0 Å². The van der Waals surface area contributed by atoms with Gasteiger partial charge in [-0.15, -0.1) is 0 Å². The average Bonchev–Trinajstić information content (AvgIpc) is 3.44. The molecule has 0 fully saturated rings. The van der Waals surface area contributed by atoms with E-state index < -0.39 is 11.9 Å². The van der Waals surface area contributed by atoms with Gasteiger partial charge < -0.3 is 29.1 Å². The Labute approximate surface area is 233 Å². The van der Waals surface area contributed by atoms with E-state index in [1.165, 1.54) is 31.6 Å². The summed E-state index contributed by atoms with van der Waals surface area (Å²) in [7, 11) is 5.90. The van der Waals surface area contributed by atoms with Crippen LogP contribution >= 0.6 is 19.6 Å². The van der Waals surface area contributed by atoms with Crippen LogP contribution in [0, 0.1) is 5.82 Å². The van der Waals surface area contributed by atoms with Gasteiger partial charge in [0.05, 0.1) is 18.1 Å². The smallest absolute Gasteiger partial charge is 0.164 e. The number of para-hydroxylation sites is 2. The van der Waals surface area contributed by atoms with E-state index in [1.54, 1.807) is 6.07 Å². The minimum absolute atomic E-state index is 0. The number of aryl methyl sites for hydroxylation is 1. The maximum absolute atomic E-state index is 15.1. The van der Waals surface area contributed by atoms with Crippen LogP contribution in [0.4, 0.5) is 4.39 Å². The van der Waals surface area contributed by atoms with Crippen LogP contribution in [-0.4, -0.2) is 26.8 Å². The third-order valence-electron chi connectivity index (χ3n) is 5.58.